The van der Waals surface area contributed by atoms with Crippen molar-refractivity contribution in [1.29, 1.82) is 0 Å². The standard InChI is InChI=1S/C12H24N2O/c1-12(2,3)14-7-11(8-14)13(4)10-5-6-15-9-10/h10-11H,5-9H2,1-4H3/t10-/m1/s1. The fourth-order valence-corrected chi connectivity index (χ4v) is 2.40. The lowest BCUT2D eigenvalue weighted by Gasteiger charge is -2.51. The van der Waals surface area contributed by atoms with E-state index in [0.717, 1.165) is 19.3 Å². The number of likely N-dealkylation sites (tertiary alicyclic amines) is 1. The Morgan fingerprint density at radius 2 is 1.87 bits per heavy atom. The highest BCUT2D eigenvalue weighted by atomic mass is 16.5. The lowest BCUT2D eigenvalue weighted by atomic mass is 9.96. The predicted octanol–water partition coefficient (Wildman–Crippen LogP) is 1.19. The van der Waals surface area contributed by atoms with Crippen molar-refractivity contribution in [2.75, 3.05) is 33.4 Å². The number of likely N-dealkylation sites (N-methyl/N-ethyl adjacent to an activating group) is 1. The van der Waals surface area contributed by atoms with E-state index in [4.69, 9.17) is 4.74 Å². The molecule has 0 spiro atoms. The summed E-state index contributed by atoms with van der Waals surface area (Å²) in [7, 11) is 2.25. The Balaban J connectivity index is 1.78. The Kier molecular flexibility index (Phi) is 3.06. The fraction of sp³-hybridized carbons (Fsp3) is 1.00. The van der Waals surface area contributed by atoms with Crippen LogP contribution in [0.4, 0.5) is 0 Å². The van der Waals surface area contributed by atoms with Gasteiger partial charge in [0.05, 0.1) is 6.61 Å². The first kappa shape index (κ1) is 11.4. The molecule has 0 N–H and O–H groups in total. The van der Waals surface area contributed by atoms with Crippen LogP contribution in [0.15, 0.2) is 0 Å². The number of rotatable bonds is 2. The molecule has 3 nitrogen and oxygen atoms in total. The Morgan fingerprint density at radius 3 is 2.33 bits per heavy atom. The second-order valence-electron chi connectivity index (χ2n) is 5.91. The van der Waals surface area contributed by atoms with Crippen LogP contribution in [0.25, 0.3) is 0 Å². The average Bonchev–Trinajstić information content (AvgIpc) is 2.48. The molecular formula is C12H24N2O. The SMILES string of the molecule is CN(C1CN(C(C)(C)C)C1)[C@@H]1CCOC1. The molecule has 2 rings (SSSR count). The summed E-state index contributed by atoms with van der Waals surface area (Å²) in [5, 5.41) is 0. The van der Waals surface area contributed by atoms with E-state index in [1.807, 2.05) is 0 Å². The zero-order chi connectivity index (χ0) is 11.1. The molecule has 15 heavy (non-hydrogen) atoms. The normalized spacial score (nSPS) is 29.8. The van der Waals surface area contributed by atoms with Crippen LogP contribution < -0.4 is 0 Å². The summed E-state index contributed by atoms with van der Waals surface area (Å²) in [5.74, 6) is 0. The molecule has 0 aromatic carbocycles. The van der Waals surface area contributed by atoms with E-state index in [1.54, 1.807) is 0 Å². The maximum Gasteiger partial charge on any atom is 0.0622 e. The molecule has 88 valence electrons. The van der Waals surface area contributed by atoms with Gasteiger partial charge < -0.3 is 4.74 Å². The van der Waals surface area contributed by atoms with E-state index in [0.29, 0.717) is 11.6 Å². The third kappa shape index (κ3) is 2.35. The first-order valence-electron chi connectivity index (χ1n) is 6.03. The maximum absolute atomic E-state index is 5.44. The molecule has 2 heterocycles. The van der Waals surface area contributed by atoms with E-state index in [-0.39, 0.29) is 0 Å². The smallest absolute Gasteiger partial charge is 0.0622 e. The quantitative estimate of drug-likeness (QED) is 0.684. The molecule has 0 aromatic rings. The van der Waals surface area contributed by atoms with Crippen LogP contribution in [0, 0.1) is 0 Å². The summed E-state index contributed by atoms with van der Waals surface area (Å²) in [6.07, 6.45) is 1.21. The highest BCUT2D eigenvalue weighted by molar-refractivity contribution is 4.95. The molecule has 2 fully saturated rings. The van der Waals surface area contributed by atoms with E-state index < -0.39 is 0 Å². The number of ether oxygens (including phenoxy) is 1. The Hall–Kier alpha value is -0.120. The molecule has 0 bridgehead atoms. The highest BCUT2D eigenvalue weighted by Gasteiger charge is 2.38. The van der Waals surface area contributed by atoms with Gasteiger partial charge in [-0.3, -0.25) is 9.80 Å². The van der Waals surface area contributed by atoms with Gasteiger partial charge in [-0.05, 0) is 34.2 Å². The Bertz CT molecular complexity index is 212. The molecule has 0 aromatic heterocycles. The van der Waals surface area contributed by atoms with Gasteiger partial charge in [-0.25, -0.2) is 0 Å². The van der Waals surface area contributed by atoms with Gasteiger partial charge in [-0.2, -0.15) is 0 Å². The van der Waals surface area contributed by atoms with Crippen molar-refractivity contribution in [3.8, 4) is 0 Å². The third-order valence-corrected chi connectivity index (χ3v) is 3.87. The van der Waals surface area contributed by atoms with Gasteiger partial charge in [0.15, 0.2) is 0 Å². The summed E-state index contributed by atoms with van der Waals surface area (Å²) in [4.78, 5) is 5.07. The van der Waals surface area contributed by atoms with Gasteiger partial charge in [-0.15, -0.1) is 0 Å². The van der Waals surface area contributed by atoms with Crippen LogP contribution >= 0.6 is 0 Å². The van der Waals surface area contributed by atoms with Gasteiger partial charge in [0.25, 0.3) is 0 Å². The van der Waals surface area contributed by atoms with Crippen LogP contribution in [-0.4, -0.2) is 60.8 Å². The Labute approximate surface area is 93.4 Å². The van der Waals surface area contributed by atoms with Crippen LogP contribution in [0.2, 0.25) is 0 Å². The van der Waals surface area contributed by atoms with Crippen molar-refractivity contribution in [2.24, 2.45) is 0 Å². The van der Waals surface area contributed by atoms with Crippen molar-refractivity contribution in [1.82, 2.24) is 9.80 Å². The lowest BCUT2D eigenvalue weighted by molar-refractivity contribution is -0.0281. The van der Waals surface area contributed by atoms with Gasteiger partial charge in [-0.1, -0.05) is 0 Å². The van der Waals surface area contributed by atoms with Gasteiger partial charge in [0, 0.05) is 37.3 Å². The van der Waals surface area contributed by atoms with Crippen LogP contribution in [-0.2, 0) is 4.74 Å². The monoisotopic (exact) mass is 212 g/mol. The first-order chi connectivity index (χ1) is 6.98. The topological polar surface area (TPSA) is 15.7 Å². The van der Waals surface area contributed by atoms with Crippen LogP contribution in [0.5, 0.6) is 0 Å². The van der Waals surface area contributed by atoms with Crippen molar-refractivity contribution in [3.05, 3.63) is 0 Å². The molecule has 2 aliphatic heterocycles. The molecular weight excluding hydrogens is 188 g/mol. The van der Waals surface area contributed by atoms with E-state index in [2.05, 4.69) is 37.6 Å². The highest BCUT2D eigenvalue weighted by Crippen LogP contribution is 2.26. The molecule has 2 saturated heterocycles. The van der Waals surface area contributed by atoms with Gasteiger partial charge in [0.2, 0.25) is 0 Å². The zero-order valence-corrected chi connectivity index (χ0v) is 10.5. The minimum Gasteiger partial charge on any atom is -0.380 e. The molecule has 0 unspecified atom stereocenters. The first-order valence-corrected chi connectivity index (χ1v) is 6.03. The molecule has 2 aliphatic rings. The third-order valence-electron chi connectivity index (χ3n) is 3.87. The summed E-state index contributed by atoms with van der Waals surface area (Å²) in [6, 6.07) is 1.41. The van der Waals surface area contributed by atoms with Crippen molar-refractivity contribution in [2.45, 2.75) is 44.8 Å². The molecule has 0 aliphatic carbocycles. The van der Waals surface area contributed by atoms with Crippen molar-refractivity contribution < 1.29 is 4.74 Å². The predicted molar refractivity (Wildman–Crippen MR) is 62.1 cm³/mol. The fourth-order valence-electron chi connectivity index (χ4n) is 2.40. The van der Waals surface area contributed by atoms with Crippen LogP contribution in [0.3, 0.4) is 0 Å². The molecule has 0 amide bonds. The molecule has 3 heteroatoms. The van der Waals surface area contributed by atoms with E-state index in [1.165, 1.54) is 19.5 Å². The summed E-state index contributed by atoms with van der Waals surface area (Å²) >= 11 is 0. The van der Waals surface area contributed by atoms with E-state index >= 15 is 0 Å². The largest absolute Gasteiger partial charge is 0.380 e. The summed E-state index contributed by atoms with van der Waals surface area (Å²) < 4.78 is 5.44. The minimum atomic E-state index is 0.337. The maximum atomic E-state index is 5.44. The number of hydrogen-bond acceptors (Lipinski definition) is 3. The lowest BCUT2D eigenvalue weighted by Crippen LogP contribution is -2.65. The second-order valence-corrected chi connectivity index (χ2v) is 5.91. The number of nitrogens with zero attached hydrogens (tertiary/aromatic N) is 2. The average molecular weight is 212 g/mol. The van der Waals surface area contributed by atoms with E-state index in [9.17, 15) is 0 Å². The van der Waals surface area contributed by atoms with Crippen molar-refractivity contribution in [3.63, 3.8) is 0 Å². The van der Waals surface area contributed by atoms with Crippen LogP contribution in [0.1, 0.15) is 27.2 Å². The molecule has 1 atom stereocenters. The second kappa shape index (κ2) is 4.04. The zero-order valence-electron chi connectivity index (χ0n) is 10.5. The van der Waals surface area contributed by atoms with Gasteiger partial charge in [0.1, 0.15) is 0 Å². The number of hydrogen-bond donors (Lipinski definition) is 0. The van der Waals surface area contributed by atoms with Gasteiger partial charge >= 0.3 is 0 Å². The summed E-state index contributed by atoms with van der Waals surface area (Å²) in [5.41, 5.74) is 0.337. The van der Waals surface area contributed by atoms with Crippen molar-refractivity contribution >= 4 is 0 Å². The molecule has 0 radical (unpaired) electrons. The minimum absolute atomic E-state index is 0.337. The summed E-state index contributed by atoms with van der Waals surface area (Å²) in [6.45, 7) is 11.2. The Morgan fingerprint density at radius 1 is 1.20 bits per heavy atom. The molecule has 0 saturated carbocycles.